The number of rotatable bonds is 6. The lowest BCUT2D eigenvalue weighted by Gasteiger charge is -2.09. The maximum Gasteiger partial charge on any atom is 0.193 e. The summed E-state index contributed by atoms with van der Waals surface area (Å²) in [5.41, 5.74) is 2.20. The summed E-state index contributed by atoms with van der Waals surface area (Å²) in [5.74, 6) is 1.68. The first kappa shape index (κ1) is 19.3. The Morgan fingerprint density at radius 2 is 1.70 bits per heavy atom. The average molecular weight is 401 g/mol. The summed E-state index contributed by atoms with van der Waals surface area (Å²) in [5, 5.41) is 13.1. The molecule has 3 aromatic carbocycles. The molecule has 0 unspecified atom stereocenters. The lowest BCUT2D eigenvalue weighted by Crippen LogP contribution is -2.13. The molecule has 4 rings (SSSR count). The van der Waals surface area contributed by atoms with Crippen molar-refractivity contribution in [2.45, 2.75) is 0 Å². The van der Waals surface area contributed by atoms with Gasteiger partial charge in [0.25, 0.3) is 0 Å². The highest BCUT2D eigenvalue weighted by atomic mass is 16.5. The standard InChI is InChI=1S/C24H19NO5/c1-28-18-9-7-16(8-10-18)21(25-27)15-29-19-11-12-23-20(13-19)22(26)14-24(30-23)17-5-3-2-4-6-17/h2-14,27H,15H2,1H3/b25-21+. The van der Waals surface area contributed by atoms with Gasteiger partial charge in [-0.1, -0.05) is 35.5 Å². The summed E-state index contributed by atoms with van der Waals surface area (Å²) in [6, 6.07) is 23.0. The number of hydrogen-bond donors (Lipinski definition) is 1. The SMILES string of the molecule is COc1ccc(/C(COc2ccc3oc(-c4ccccc4)cc(=O)c3c2)=N/O)cc1. The molecule has 1 aromatic heterocycles. The Labute approximate surface area is 172 Å². The molecule has 6 nitrogen and oxygen atoms in total. The predicted molar refractivity (Wildman–Crippen MR) is 115 cm³/mol. The Bertz CT molecular complexity index is 1240. The van der Waals surface area contributed by atoms with Crippen LogP contribution in [0.4, 0.5) is 0 Å². The molecule has 0 saturated heterocycles. The van der Waals surface area contributed by atoms with Crippen molar-refractivity contribution in [1.82, 2.24) is 0 Å². The molecular weight excluding hydrogens is 382 g/mol. The molecule has 6 heteroatoms. The summed E-state index contributed by atoms with van der Waals surface area (Å²) < 4.78 is 16.8. The molecule has 0 saturated carbocycles. The van der Waals surface area contributed by atoms with Crippen LogP contribution >= 0.6 is 0 Å². The van der Waals surface area contributed by atoms with E-state index >= 15 is 0 Å². The van der Waals surface area contributed by atoms with Gasteiger partial charge in [-0.05, 0) is 42.5 Å². The Morgan fingerprint density at radius 1 is 0.967 bits per heavy atom. The second-order valence-electron chi connectivity index (χ2n) is 6.56. The van der Waals surface area contributed by atoms with E-state index < -0.39 is 0 Å². The van der Waals surface area contributed by atoms with E-state index in [4.69, 9.17) is 13.9 Å². The molecule has 1 heterocycles. The molecule has 150 valence electrons. The first-order chi connectivity index (χ1) is 14.7. The number of benzene rings is 3. The lowest BCUT2D eigenvalue weighted by molar-refractivity contribution is 0.308. The van der Waals surface area contributed by atoms with Crippen LogP contribution in [0, 0.1) is 0 Å². The average Bonchev–Trinajstić information content (AvgIpc) is 2.80. The molecule has 0 atom stereocenters. The fraction of sp³-hybridized carbons (Fsp3) is 0.0833. The highest BCUT2D eigenvalue weighted by Gasteiger charge is 2.10. The summed E-state index contributed by atoms with van der Waals surface area (Å²) in [6.45, 7) is 0.0295. The number of nitrogens with zero attached hydrogens (tertiary/aromatic N) is 1. The van der Waals surface area contributed by atoms with Gasteiger partial charge >= 0.3 is 0 Å². The van der Waals surface area contributed by atoms with E-state index in [-0.39, 0.29) is 12.0 Å². The molecule has 0 spiro atoms. The molecule has 1 N–H and O–H groups in total. The van der Waals surface area contributed by atoms with Crippen LogP contribution in [-0.2, 0) is 0 Å². The minimum Gasteiger partial charge on any atom is -0.497 e. The summed E-state index contributed by atoms with van der Waals surface area (Å²) in [4.78, 5) is 12.6. The topological polar surface area (TPSA) is 81.3 Å². The Hall–Kier alpha value is -4.06. The second-order valence-corrected chi connectivity index (χ2v) is 6.56. The third kappa shape index (κ3) is 4.03. The van der Waals surface area contributed by atoms with E-state index in [0.29, 0.717) is 39.5 Å². The largest absolute Gasteiger partial charge is 0.497 e. The second kappa shape index (κ2) is 8.53. The molecule has 30 heavy (non-hydrogen) atoms. The first-order valence-electron chi connectivity index (χ1n) is 9.29. The zero-order valence-electron chi connectivity index (χ0n) is 16.2. The highest BCUT2D eigenvalue weighted by molar-refractivity contribution is 6.01. The van der Waals surface area contributed by atoms with Crippen LogP contribution in [0.2, 0.25) is 0 Å². The quantitative estimate of drug-likeness (QED) is 0.287. The number of methoxy groups -OCH3 is 1. The van der Waals surface area contributed by atoms with Crippen molar-refractivity contribution >= 4 is 16.7 Å². The van der Waals surface area contributed by atoms with Gasteiger partial charge in [0.15, 0.2) is 5.43 Å². The van der Waals surface area contributed by atoms with Gasteiger partial charge in [-0.2, -0.15) is 0 Å². The Balaban J connectivity index is 1.56. The van der Waals surface area contributed by atoms with E-state index in [9.17, 15) is 10.0 Å². The molecular formula is C24H19NO5. The summed E-state index contributed by atoms with van der Waals surface area (Å²) in [6.07, 6.45) is 0. The van der Waals surface area contributed by atoms with E-state index in [2.05, 4.69) is 5.16 Å². The Kier molecular flexibility index (Phi) is 5.48. The van der Waals surface area contributed by atoms with Crippen LogP contribution in [0.5, 0.6) is 11.5 Å². The minimum absolute atomic E-state index is 0.0295. The van der Waals surface area contributed by atoms with Gasteiger partial charge in [-0.25, -0.2) is 0 Å². The van der Waals surface area contributed by atoms with Crippen LogP contribution in [-0.4, -0.2) is 24.6 Å². The maximum atomic E-state index is 12.6. The monoisotopic (exact) mass is 401 g/mol. The predicted octanol–water partition coefficient (Wildman–Crippen LogP) is 4.73. The van der Waals surface area contributed by atoms with Crippen molar-refractivity contribution < 1.29 is 19.1 Å². The highest BCUT2D eigenvalue weighted by Crippen LogP contribution is 2.24. The summed E-state index contributed by atoms with van der Waals surface area (Å²) in [7, 11) is 1.58. The van der Waals surface area contributed by atoms with Crippen molar-refractivity contribution in [2.24, 2.45) is 5.16 Å². The van der Waals surface area contributed by atoms with Crippen molar-refractivity contribution in [3.63, 3.8) is 0 Å². The molecule has 0 radical (unpaired) electrons. The number of ether oxygens (including phenoxy) is 2. The van der Waals surface area contributed by atoms with Gasteiger partial charge in [0.2, 0.25) is 0 Å². The fourth-order valence-corrected chi connectivity index (χ4v) is 3.07. The number of fused-ring (bicyclic) bond motifs is 1. The van der Waals surface area contributed by atoms with Gasteiger partial charge in [0, 0.05) is 17.2 Å². The molecule has 4 aromatic rings. The van der Waals surface area contributed by atoms with Gasteiger partial charge in [0.1, 0.15) is 35.2 Å². The molecule has 0 bridgehead atoms. The third-order valence-electron chi connectivity index (χ3n) is 4.68. The van der Waals surface area contributed by atoms with Crippen LogP contribution in [0.15, 0.2) is 93.2 Å². The van der Waals surface area contributed by atoms with Gasteiger partial charge in [0.05, 0.1) is 12.5 Å². The molecule has 0 fully saturated rings. The minimum atomic E-state index is -0.160. The molecule has 0 aliphatic carbocycles. The van der Waals surface area contributed by atoms with Crippen molar-refractivity contribution in [2.75, 3.05) is 13.7 Å². The maximum absolute atomic E-state index is 12.6. The smallest absolute Gasteiger partial charge is 0.193 e. The van der Waals surface area contributed by atoms with Crippen LogP contribution in [0.3, 0.4) is 0 Å². The van der Waals surface area contributed by atoms with Crippen molar-refractivity contribution in [1.29, 1.82) is 0 Å². The molecule has 0 aliphatic heterocycles. The van der Waals surface area contributed by atoms with E-state index in [1.807, 2.05) is 30.3 Å². The van der Waals surface area contributed by atoms with Crippen LogP contribution < -0.4 is 14.9 Å². The van der Waals surface area contributed by atoms with Crippen LogP contribution in [0.1, 0.15) is 5.56 Å². The van der Waals surface area contributed by atoms with E-state index in [1.54, 1.807) is 49.6 Å². The Morgan fingerprint density at radius 3 is 2.40 bits per heavy atom. The number of oxime groups is 1. The molecule has 0 aliphatic rings. The van der Waals surface area contributed by atoms with Crippen molar-refractivity contribution in [3.05, 3.63) is 94.6 Å². The molecule has 0 amide bonds. The van der Waals surface area contributed by atoms with E-state index in [1.165, 1.54) is 6.07 Å². The zero-order chi connectivity index (χ0) is 20.9. The van der Waals surface area contributed by atoms with Gasteiger partial charge in [-0.3, -0.25) is 4.79 Å². The van der Waals surface area contributed by atoms with Gasteiger partial charge < -0.3 is 19.1 Å². The van der Waals surface area contributed by atoms with Crippen molar-refractivity contribution in [3.8, 4) is 22.8 Å². The normalized spacial score (nSPS) is 11.4. The lowest BCUT2D eigenvalue weighted by atomic mass is 10.1. The third-order valence-corrected chi connectivity index (χ3v) is 4.68. The fourth-order valence-electron chi connectivity index (χ4n) is 3.07. The van der Waals surface area contributed by atoms with Gasteiger partial charge in [-0.15, -0.1) is 0 Å². The summed E-state index contributed by atoms with van der Waals surface area (Å²) >= 11 is 0. The van der Waals surface area contributed by atoms with Crippen LogP contribution in [0.25, 0.3) is 22.3 Å². The zero-order valence-corrected chi connectivity index (χ0v) is 16.2. The van der Waals surface area contributed by atoms with E-state index in [0.717, 1.165) is 5.56 Å². The number of hydrogen-bond acceptors (Lipinski definition) is 6. The first-order valence-corrected chi connectivity index (χ1v) is 9.29.